The van der Waals surface area contributed by atoms with Crippen molar-refractivity contribution >= 4 is 17.3 Å². The SMILES string of the molecule is Cc1ccc(-c2cnc(N)c(/C(=N/N=N)N(C)c3cccc(F)c3F)c2)cc1. The Morgan fingerprint density at radius 3 is 2.50 bits per heavy atom. The van der Waals surface area contributed by atoms with Crippen molar-refractivity contribution in [2.75, 3.05) is 17.7 Å². The van der Waals surface area contributed by atoms with Gasteiger partial charge in [-0.05, 0) is 30.7 Å². The minimum absolute atomic E-state index is 0.0671. The Bertz CT molecular complexity index is 1050. The van der Waals surface area contributed by atoms with Crippen LogP contribution in [0.25, 0.3) is 11.1 Å². The second-order valence-electron chi connectivity index (χ2n) is 6.18. The fraction of sp³-hybridized carbons (Fsp3) is 0.100. The Balaban J connectivity index is 2.11. The maximum Gasteiger partial charge on any atom is 0.182 e. The third-order valence-electron chi connectivity index (χ3n) is 4.30. The summed E-state index contributed by atoms with van der Waals surface area (Å²) in [6.45, 7) is 1.99. The van der Waals surface area contributed by atoms with Gasteiger partial charge in [-0.3, -0.25) is 0 Å². The summed E-state index contributed by atoms with van der Waals surface area (Å²) in [5, 5.41) is 6.84. The normalized spacial score (nSPS) is 11.4. The summed E-state index contributed by atoms with van der Waals surface area (Å²) in [5.74, 6) is -1.84. The van der Waals surface area contributed by atoms with Gasteiger partial charge in [-0.1, -0.05) is 41.1 Å². The summed E-state index contributed by atoms with van der Waals surface area (Å²) in [4.78, 5) is 5.48. The third-order valence-corrected chi connectivity index (χ3v) is 4.30. The zero-order valence-electron chi connectivity index (χ0n) is 15.3. The van der Waals surface area contributed by atoms with Crippen molar-refractivity contribution in [1.29, 1.82) is 5.53 Å². The molecule has 8 heteroatoms. The first-order valence-corrected chi connectivity index (χ1v) is 8.37. The van der Waals surface area contributed by atoms with Crippen LogP contribution >= 0.6 is 0 Å². The lowest BCUT2D eigenvalue weighted by atomic mass is 10.0. The van der Waals surface area contributed by atoms with Crippen LogP contribution in [0, 0.1) is 24.1 Å². The van der Waals surface area contributed by atoms with Gasteiger partial charge in [-0.25, -0.2) is 13.8 Å². The minimum atomic E-state index is -1.04. The van der Waals surface area contributed by atoms with E-state index in [0.717, 1.165) is 22.8 Å². The number of hydrogen-bond acceptors (Lipinski definition) is 4. The number of hydrogen-bond donors (Lipinski definition) is 2. The highest BCUT2D eigenvalue weighted by Crippen LogP contribution is 2.27. The fourth-order valence-electron chi connectivity index (χ4n) is 2.77. The number of pyridine rings is 1. The number of amidine groups is 1. The van der Waals surface area contributed by atoms with Crippen molar-refractivity contribution in [2.45, 2.75) is 6.92 Å². The van der Waals surface area contributed by atoms with E-state index in [9.17, 15) is 8.78 Å². The molecular formula is C20H18F2N6. The number of nitrogens with zero attached hydrogens (tertiary/aromatic N) is 4. The molecule has 3 aromatic rings. The van der Waals surface area contributed by atoms with Gasteiger partial charge in [0.15, 0.2) is 17.5 Å². The quantitative estimate of drug-likeness (QED) is 0.296. The monoisotopic (exact) mass is 380 g/mol. The van der Waals surface area contributed by atoms with E-state index < -0.39 is 11.6 Å². The largest absolute Gasteiger partial charge is 0.383 e. The van der Waals surface area contributed by atoms with Crippen LogP contribution in [0.3, 0.4) is 0 Å². The molecule has 1 aromatic heterocycles. The maximum absolute atomic E-state index is 14.3. The molecule has 0 unspecified atom stereocenters. The van der Waals surface area contributed by atoms with E-state index in [2.05, 4.69) is 15.3 Å². The van der Waals surface area contributed by atoms with Crippen molar-refractivity contribution in [1.82, 2.24) is 4.98 Å². The molecular weight excluding hydrogens is 362 g/mol. The molecule has 0 aliphatic heterocycles. The lowest BCUT2D eigenvalue weighted by Crippen LogP contribution is -2.29. The molecule has 0 amide bonds. The average Bonchev–Trinajstić information content (AvgIpc) is 2.69. The molecule has 0 fully saturated rings. The smallest absolute Gasteiger partial charge is 0.182 e. The standard InChI is InChI=1S/C20H18F2N6/c1-12-6-8-13(9-7-12)14-10-15(19(23)25-11-14)20(26-27-24)28(2)17-5-3-4-16(21)18(17)22/h3-11,24H,1-2H3,(H2,23,25)/b26-20-,27-24?. The van der Waals surface area contributed by atoms with E-state index in [1.807, 2.05) is 31.2 Å². The molecule has 0 bridgehead atoms. The summed E-state index contributed by atoms with van der Waals surface area (Å²) in [7, 11) is 1.49. The maximum atomic E-state index is 14.3. The predicted octanol–water partition coefficient (Wildman–Crippen LogP) is 4.75. The molecule has 28 heavy (non-hydrogen) atoms. The molecule has 0 spiro atoms. The number of anilines is 2. The number of halogens is 2. The van der Waals surface area contributed by atoms with Crippen LogP contribution in [0.1, 0.15) is 11.1 Å². The highest BCUT2D eigenvalue weighted by Gasteiger charge is 2.21. The zero-order valence-corrected chi connectivity index (χ0v) is 15.3. The number of rotatable bonds is 4. The molecule has 0 radical (unpaired) electrons. The second-order valence-corrected chi connectivity index (χ2v) is 6.18. The lowest BCUT2D eigenvalue weighted by Gasteiger charge is -2.22. The number of aromatic nitrogens is 1. The Labute approximate surface area is 160 Å². The third kappa shape index (κ3) is 3.71. The molecule has 0 aliphatic carbocycles. The van der Waals surface area contributed by atoms with Gasteiger partial charge >= 0.3 is 0 Å². The number of nitrogen functional groups attached to an aromatic ring is 1. The summed E-state index contributed by atoms with van der Waals surface area (Å²) in [6, 6.07) is 13.3. The van der Waals surface area contributed by atoms with Crippen LogP contribution < -0.4 is 10.6 Å². The molecule has 142 valence electrons. The Hall–Kier alpha value is -3.68. The van der Waals surface area contributed by atoms with Crippen LogP contribution in [-0.2, 0) is 0 Å². The van der Waals surface area contributed by atoms with Crippen LogP contribution in [0.15, 0.2) is 65.1 Å². The van der Waals surface area contributed by atoms with Crippen molar-refractivity contribution in [2.24, 2.45) is 10.3 Å². The number of nitrogens with one attached hydrogen (secondary N) is 1. The molecule has 6 nitrogen and oxygen atoms in total. The highest BCUT2D eigenvalue weighted by molar-refractivity contribution is 6.12. The second kappa shape index (κ2) is 7.91. The first-order valence-electron chi connectivity index (χ1n) is 8.37. The van der Waals surface area contributed by atoms with Gasteiger partial charge in [0.25, 0.3) is 0 Å². The molecule has 0 saturated heterocycles. The van der Waals surface area contributed by atoms with Gasteiger partial charge in [0.05, 0.1) is 11.3 Å². The van der Waals surface area contributed by atoms with Gasteiger partial charge in [-0.15, -0.1) is 5.10 Å². The summed E-state index contributed by atoms with van der Waals surface area (Å²) in [6.07, 6.45) is 1.61. The zero-order chi connectivity index (χ0) is 20.3. The highest BCUT2D eigenvalue weighted by atomic mass is 19.2. The van der Waals surface area contributed by atoms with Gasteiger partial charge in [0.1, 0.15) is 5.82 Å². The van der Waals surface area contributed by atoms with Gasteiger partial charge in [0, 0.05) is 18.8 Å². The molecule has 1 heterocycles. The van der Waals surface area contributed by atoms with E-state index in [1.165, 1.54) is 24.1 Å². The summed E-state index contributed by atoms with van der Waals surface area (Å²) >= 11 is 0. The van der Waals surface area contributed by atoms with Crippen molar-refractivity contribution in [3.05, 3.63) is 77.5 Å². The van der Waals surface area contributed by atoms with Gasteiger partial charge < -0.3 is 10.6 Å². The molecule has 2 aromatic carbocycles. The van der Waals surface area contributed by atoms with Gasteiger partial charge in [-0.2, -0.15) is 5.53 Å². The van der Waals surface area contributed by atoms with E-state index >= 15 is 0 Å². The van der Waals surface area contributed by atoms with Crippen molar-refractivity contribution in [3.8, 4) is 11.1 Å². The summed E-state index contributed by atoms with van der Waals surface area (Å²) in [5.41, 5.74) is 16.2. The van der Waals surface area contributed by atoms with E-state index in [0.29, 0.717) is 5.56 Å². The van der Waals surface area contributed by atoms with E-state index in [-0.39, 0.29) is 17.3 Å². The lowest BCUT2D eigenvalue weighted by molar-refractivity contribution is 0.510. The molecule has 3 N–H and O–H groups in total. The van der Waals surface area contributed by atoms with Gasteiger partial charge in [0.2, 0.25) is 0 Å². The summed E-state index contributed by atoms with van der Waals surface area (Å²) < 4.78 is 27.9. The first-order chi connectivity index (χ1) is 13.4. The molecule has 0 aliphatic rings. The topological polar surface area (TPSA) is 90.7 Å². The minimum Gasteiger partial charge on any atom is -0.383 e. The van der Waals surface area contributed by atoms with Crippen molar-refractivity contribution in [3.63, 3.8) is 0 Å². The Morgan fingerprint density at radius 2 is 1.82 bits per heavy atom. The van der Waals surface area contributed by atoms with Crippen LogP contribution in [0.2, 0.25) is 0 Å². The van der Waals surface area contributed by atoms with E-state index in [1.54, 1.807) is 12.3 Å². The fourth-order valence-corrected chi connectivity index (χ4v) is 2.77. The average molecular weight is 380 g/mol. The number of aryl methyl sites for hydroxylation is 1. The molecule has 0 saturated carbocycles. The predicted molar refractivity (Wildman–Crippen MR) is 105 cm³/mol. The van der Waals surface area contributed by atoms with Crippen LogP contribution in [-0.4, -0.2) is 17.9 Å². The molecule has 3 rings (SSSR count). The van der Waals surface area contributed by atoms with E-state index in [4.69, 9.17) is 11.3 Å². The number of benzene rings is 2. The Morgan fingerprint density at radius 1 is 1.11 bits per heavy atom. The first kappa shape index (κ1) is 19.1. The van der Waals surface area contributed by atoms with Crippen molar-refractivity contribution < 1.29 is 8.78 Å². The Kier molecular flexibility index (Phi) is 5.39. The van der Waals surface area contributed by atoms with Crippen LogP contribution in [0.5, 0.6) is 0 Å². The molecule has 0 atom stereocenters. The van der Waals surface area contributed by atoms with Crippen LogP contribution in [0.4, 0.5) is 20.3 Å². The number of nitrogens with two attached hydrogens (primary N) is 1.